The Morgan fingerprint density at radius 2 is 2.05 bits per heavy atom. The lowest BCUT2D eigenvalue weighted by atomic mass is 9.89. The first kappa shape index (κ1) is 14.7. The number of hydrogen-bond donors (Lipinski definition) is 2. The van der Waals surface area contributed by atoms with Crippen LogP contribution >= 0.6 is 0 Å². The molecule has 7 nitrogen and oxygen atoms in total. The average Bonchev–Trinajstić information content (AvgIpc) is 2.78. The van der Waals surface area contributed by atoms with Crippen molar-refractivity contribution in [3.63, 3.8) is 0 Å². The van der Waals surface area contributed by atoms with E-state index in [2.05, 4.69) is 20.3 Å². The van der Waals surface area contributed by atoms with Crippen molar-refractivity contribution in [1.29, 1.82) is 0 Å². The predicted octanol–water partition coefficient (Wildman–Crippen LogP) is 1.97. The van der Waals surface area contributed by atoms with Gasteiger partial charge in [-0.05, 0) is 25.7 Å². The van der Waals surface area contributed by atoms with Gasteiger partial charge in [-0.1, -0.05) is 19.3 Å². The van der Waals surface area contributed by atoms with Gasteiger partial charge in [0.25, 0.3) is 5.56 Å². The Morgan fingerprint density at radius 3 is 2.73 bits per heavy atom. The zero-order chi connectivity index (χ0) is 15.7. The number of H-pyrrole nitrogens is 1. The number of rotatable bonds is 3. The van der Waals surface area contributed by atoms with Crippen LogP contribution in [0.4, 0.5) is 5.95 Å². The molecule has 0 spiro atoms. The van der Waals surface area contributed by atoms with E-state index < -0.39 is 0 Å². The number of fused-ring (bicyclic) bond motifs is 1. The Kier molecular flexibility index (Phi) is 3.96. The maximum absolute atomic E-state index is 12.1. The molecule has 0 saturated heterocycles. The van der Waals surface area contributed by atoms with E-state index in [1.165, 1.54) is 39.0 Å². The van der Waals surface area contributed by atoms with E-state index in [9.17, 15) is 9.59 Å². The van der Waals surface area contributed by atoms with Crippen molar-refractivity contribution in [2.24, 2.45) is 5.92 Å². The van der Waals surface area contributed by atoms with E-state index in [4.69, 9.17) is 0 Å². The second kappa shape index (κ2) is 5.90. The highest BCUT2D eigenvalue weighted by atomic mass is 16.1. The number of nitrogens with zero attached hydrogens (tertiary/aromatic N) is 3. The average molecular weight is 303 g/mol. The minimum absolute atomic E-state index is 0.201. The molecule has 0 bridgehead atoms. The number of aromatic nitrogens is 4. The Labute approximate surface area is 128 Å². The summed E-state index contributed by atoms with van der Waals surface area (Å²) in [6.07, 6.45) is 6.10. The molecule has 1 aliphatic carbocycles. The van der Waals surface area contributed by atoms with Gasteiger partial charge in [-0.2, -0.15) is 0 Å². The highest BCUT2D eigenvalue weighted by molar-refractivity contribution is 5.89. The highest BCUT2D eigenvalue weighted by Gasteiger charge is 2.21. The van der Waals surface area contributed by atoms with Crippen molar-refractivity contribution >= 4 is 23.0 Å². The maximum atomic E-state index is 12.1. The summed E-state index contributed by atoms with van der Waals surface area (Å²) in [6, 6.07) is 0. The van der Waals surface area contributed by atoms with Gasteiger partial charge in [-0.25, -0.2) is 9.97 Å². The van der Waals surface area contributed by atoms with Gasteiger partial charge in [0.1, 0.15) is 5.82 Å². The van der Waals surface area contributed by atoms with Gasteiger partial charge in [0.2, 0.25) is 11.9 Å². The number of aromatic amines is 1. The number of carbonyl (C=O) groups is 1. The summed E-state index contributed by atoms with van der Waals surface area (Å²) >= 11 is 0. The Hall–Kier alpha value is -2.18. The summed E-state index contributed by atoms with van der Waals surface area (Å²) in [5.74, 6) is 1.31. The zero-order valence-corrected chi connectivity index (χ0v) is 13.0. The first-order valence-electron chi connectivity index (χ1n) is 7.79. The van der Waals surface area contributed by atoms with Crippen molar-refractivity contribution in [2.75, 3.05) is 5.32 Å². The van der Waals surface area contributed by atoms with Crippen LogP contribution in [0, 0.1) is 12.8 Å². The van der Waals surface area contributed by atoms with E-state index in [1.807, 2.05) is 4.57 Å². The number of hydrogen-bond acceptors (Lipinski definition) is 4. The highest BCUT2D eigenvalue weighted by Crippen LogP contribution is 2.27. The number of imidazole rings is 1. The normalized spacial score (nSPS) is 16.1. The number of anilines is 1. The molecule has 0 unspecified atom stereocenters. The fraction of sp³-hybridized carbons (Fsp3) is 0.600. The fourth-order valence-electron chi connectivity index (χ4n) is 3.17. The van der Waals surface area contributed by atoms with Gasteiger partial charge >= 0.3 is 0 Å². The van der Waals surface area contributed by atoms with Crippen LogP contribution in [0.15, 0.2) is 4.79 Å². The monoisotopic (exact) mass is 303 g/mol. The number of aryl methyl sites for hydroxylation is 1. The molecule has 2 N–H and O–H groups in total. The van der Waals surface area contributed by atoms with Gasteiger partial charge in [-0.3, -0.25) is 19.5 Å². The van der Waals surface area contributed by atoms with Crippen LogP contribution in [-0.2, 0) is 11.3 Å². The molecule has 2 aromatic heterocycles. The van der Waals surface area contributed by atoms with Crippen molar-refractivity contribution in [1.82, 2.24) is 19.5 Å². The van der Waals surface area contributed by atoms with Crippen LogP contribution in [0.5, 0.6) is 0 Å². The van der Waals surface area contributed by atoms with Gasteiger partial charge in [0, 0.05) is 13.5 Å². The summed E-state index contributed by atoms with van der Waals surface area (Å²) in [5, 5.41) is 2.72. The first-order chi connectivity index (χ1) is 10.5. The molecule has 2 heterocycles. The summed E-state index contributed by atoms with van der Waals surface area (Å²) in [5.41, 5.74) is 0.567. The lowest BCUT2D eigenvalue weighted by Crippen LogP contribution is -2.18. The number of carbonyl (C=O) groups excluding carboxylic acids is 1. The molecule has 2 aromatic rings. The minimum atomic E-state index is -0.267. The van der Waals surface area contributed by atoms with Gasteiger partial charge in [0.15, 0.2) is 11.2 Å². The molecule has 1 amide bonds. The molecular formula is C15H21N5O2. The van der Waals surface area contributed by atoms with E-state index in [-0.39, 0.29) is 17.0 Å². The van der Waals surface area contributed by atoms with Crippen LogP contribution in [0.2, 0.25) is 0 Å². The first-order valence-corrected chi connectivity index (χ1v) is 7.79. The molecule has 7 heteroatoms. The topological polar surface area (TPSA) is 92.7 Å². The molecule has 0 radical (unpaired) electrons. The maximum Gasteiger partial charge on any atom is 0.279 e. The lowest BCUT2D eigenvalue weighted by Gasteiger charge is -2.22. The van der Waals surface area contributed by atoms with Crippen LogP contribution < -0.4 is 10.9 Å². The predicted molar refractivity (Wildman–Crippen MR) is 83.8 cm³/mol. The molecule has 118 valence electrons. The molecular weight excluding hydrogens is 282 g/mol. The van der Waals surface area contributed by atoms with Gasteiger partial charge in [-0.15, -0.1) is 0 Å². The molecule has 22 heavy (non-hydrogen) atoms. The van der Waals surface area contributed by atoms with E-state index in [0.717, 1.165) is 6.54 Å². The Balaban J connectivity index is 2.06. The fourth-order valence-corrected chi connectivity index (χ4v) is 3.17. The minimum Gasteiger partial charge on any atom is -0.309 e. The second-order valence-electron chi connectivity index (χ2n) is 6.05. The van der Waals surface area contributed by atoms with Crippen molar-refractivity contribution < 1.29 is 4.79 Å². The quantitative estimate of drug-likeness (QED) is 0.906. The smallest absolute Gasteiger partial charge is 0.279 e. The molecule has 0 atom stereocenters. The molecule has 0 aromatic carbocycles. The van der Waals surface area contributed by atoms with Gasteiger partial charge in [0.05, 0.1) is 0 Å². The largest absolute Gasteiger partial charge is 0.309 e. The van der Waals surface area contributed by atoms with Gasteiger partial charge < -0.3 is 4.98 Å². The summed E-state index contributed by atoms with van der Waals surface area (Å²) in [4.78, 5) is 34.8. The molecule has 3 rings (SSSR count). The molecule has 1 aliphatic rings. The van der Waals surface area contributed by atoms with Crippen LogP contribution in [0.25, 0.3) is 11.2 Å². The SMILES string of the molecule is CC(=O)Nc1nc2c(=O)[nH]c(C)nc2n1CC1CCCCC1. The Bertz CT molecular complexity index is 755. The van der Waals surface area contributed by atoms with Crippen molar-refractivity contribution in [2.45, 2.75) is 52.5 Å². The third-order valence-electron chi connectivity index (χ3n) is 4.18. The number of nitrogens with one attached hydrogen (secondary N) is 2. The van der Waals surface area contributed by atoms with Crippen LogP contribution in [0.1, 0.15) is 44.9 Å². The van der Waals surface area contributed by atoms with E-state index >= 15 is 0 Å². The van der Waals surface area contributed by atoms with E-state index in [0.29, 0.717) is 23.3 Å². The summed E-state index contributed by atoms with van der Waals surface area (Å²) in [6.45, 7) is 3.92. The lowest BCUT2D eigenvalue weighted by molar-refractivity contribution is -0.114. The third-order valence-corrected chi connectivity index (χ3v) is 4.18. The standard InChI is InChI=1S/C15H21N5O2/c1-9-16-13-12(14(22)17-9)19-15(18-10(2)21)20(13)8-11-6-4-3-5-7-11/h11H,3-8H2,1-2H3,(H,16,17,22)(H,18,19,21). The molecule has 0 aliphatic heterocycles. The summed E-state index contributed by atoms with van der Waals surface area (Å²) in [7, 11) is 0. The summed E-state index contributed by atoms with van der Waals surface area (Å²) < 4.78 is 1.88. The molecule has 1 fully saturated rings. The third kappa shape index (κ3) is 2.88. The van der Waals surface area contributed by atoms with Crippen molar-refractivity contribution in [3.8, 4) is 0 Å². The zero-order valence-electron chi connectivity index (χ0n) is 13.0. The van der Waals surface area contributed by atoms with Crippen LogP contribution in [0.3, 0.4) is 0 Å². The second-order valence-corrected chi connectivity index (χ2v) is 6.05. The molecule has 1 saturated carbocycles. The van der Waals surface area contributed by atoms with Crippen molar-refractivity contribution in [3.05, 3.63) is 16.2 Å². The Morgan fingerprint density at radius 1 is 1.32 bits per heavy atom. The van der Waals surface area contributed by atoms with E-state index in [1.54, 1.807) is 6.92 Å². The van der Waals surface area contributed by atoms with Crippen LogP contribution in [-0.4, -0.2) is 25.4 Å². The number of amides is 1.